The number of halogens is 1. The zero-order valence-electron chi connectivity index (χ0n) is 34.7. The van der Waals surface area contributed by atoms with E-state index in [1.165, 1.54) is 50.4 Å². The van der Waals surface area contributed by atoms with Crippen LogP contribution in [-0.2, 0) is 35.4 Å². The van der Waals surface area contributed by atoms with Crippen molar-refractivity contribution in [3.63, 3.8) is 0 Å². The largest absolute Gasteiger partial charge is 0.507 e. The highest BCUT2D eigenvalue weighted by molar-refractivity contribution is 7.93. The van der Waals surface area contributed by atoms with Crippen molar-refractivity contribution in [2.45, 2.75) is 69.7 Å². The highest BCUT2D eigenvalue weighted by atomic mass is 35.5. The smallest absolute Gasteiger partial charge is 0.251 e. The monoisotopic (exact) mass is 886 g/mol. The lowest BCUT2D eigenvalue weighted by atomic mass is 9.93. The second-order valence-electron chi connectivity index (χ2n) is 15.3. The number of nitrogens with zero attached hydrogens (tertiary/aromatic N) is 1. The molecular formula is C45H51ClN6O9S. The van der Waals surface area contributed by atoms with Crippen LogP contribution in [0.25, 0.3) is 22.3 Å². The van der Waals surface area contributed by atoms with Crippen LogP contribution < -0.4 is 27.0 Å². The second-order valence-corrected chi connectivity index (χ2v) is 17.7. The fourth-order valence-corrected chi connectivity index (χ4v) is 7.62. The Morgan fingerprint density at radius 3 is 2.13 bits per heavy atom. The molecule has 62 heavy (non-hydrogen) atoms. The Hall–Kier alpha value is -6.23. The summed E-state index contributed by atoms with van der Waals surface area (Å²) in [6.07, 6.45) is 3.38. The minimum atomic E-state index is -3.49. The molecule has 1 heterocycles. The summed E-state index contributed by atoms with van der Waals surface area (Å²) in [6, 6.07) is 16.9. The van der Waals surface area contributed by atoms with Crippen molar-refractivity contribution >= 4 is 51.0 Å². The van der Waals surface area contributed by atoms with Crippen LogP contribution in [0.4, 0.5) is 0 Å². The van der Waals surface area contributed by atoms with E-state index in [-0.39, 0.29) is 46.6 Å². The van der Waals surface area contributed by atoms with Crippen LogP contribution in [0.2, 0.25) is 5.02 Å². The molecule has 15 nitrogen and oxygen atoms in total. The van der Waals surface area contributed by atoms with Crippen LogP contribution in [0.3, 0.4) is 0 Å². The van der Waals surface area contributed by atoms with E-state index in [4.69, 9.17) is 17.3 Å². The summed E-state index contributed by atoms with van der Waals surface area (Å²) in [7, 11) is -2.11. The van der Waals surface area contributed by atoms with Crippen molar-refractivity contribution in [3.05, 3.63) is 118 Å². The number of nitrogens with two attached hydrogens (primary N) is 1. The van der Waals surface area contributed by atoms with Gasteiger partial charge in [0.25, 0.3) is 5.91 Å². The van der Waals surface area contributed by atoms with Gasteiger partial charge in [0.1, 0.15) is 35.7 Å². The van der Waals surface area contributed by atoms with Crippen molar-refractivity contribution in [1.29, 1.82) is 0 Å². The number of amides is 5. The van der Waals surface area contributed by atoms with Crippen molar-refractivity contribution in [3.8, 4) is 33.8 Å². The van der Waals surface area contributed by atoms with Crippen LogP contribution in [0.5, 0.6) is 11.5 Å². The number of phenolic OH excluding ortho intramolecular Hbond substituents is 2. The van der Waals surface area contributed by atoms with Gasteiger partial charge in [-0.15, -0.1) is 0 Å². The van der Waals surface area contributed by atoms with E-state index in [2.05, 4.69) is 21.3 Å². The van der Waals surface area contributed by atoms with Gasteiger partial charge in [-0.1, -0.05) is 54.1 Å². The van der Waals surface area contributed by atoms with Crippen molar-refractivity contribution in [2.75, 3.05) is 19.8 Å². The summed E-state index contributed by atoms with van der Waals surface area (Å²) < 4.78 is 23.3. The Balaban J connectivity index is 1.49. The summed E-state index contributed by atoms with van der Waals surface area (Å²) in [5.74, 6) is -3.91. The first-order valence-corrected chi connectivity index (χ1v) is 22.3. The minimum absolute atomic E-state index is 0.0991. The first-order valence-electron chi connectivity index (χ1n) is 19.9. The van der Waals surface area contributed by atoms with Crippen LogP contribution in [-0.4, -0.2) is 97.1 Å². The van der Waals surface area contributed by atoms with E-state index in [1.54, 1.807) is 49.4 Å². The molecule has 4 bridgehead atoms. The van der Waals surface area contributed by atoms with Crippen LogP contribution in [0, 0.1) is 0 Å². The third-order valence-electron chi connectivity index (χ3n) is 10.4. The minimum Gasteiger partial charge on any atom is -0.507 e. The van der Waals surface area contributed by atoms with Gasteiger partial charge in [0.05, 0.1) is 0 Å². The fraction of sp³-hybridized carbons (Fsp3) is 0.311. The normalized spacial score (nSPS) is 17.8. The van der Waals surface area contributed by atoms with Gasteiger partial charge < -0.3 is 42.1 Å². The average Bonchev–Trinajstić information content (AvgIpc) is 3.23. The molecule has 5 unspecified atom stereocenters. The van der Waals surface area contributed by atoms with E-state index in [1.807, 2.05) is 12.1 Å². The van der Waals surface area contributed by atoms with Crippen molar-refractivity contribution in [2.24, 2.45) is 5.73 Å². The number of hydrogen-bond acceptors (Lipinski definition) is 10. The maximum atomic E-state index is 14.5. The molecule has 1 aliphatic rings. The van der Waals surface area contributed by atoms with E-state index >= 15 is 0 Å². The van der Waals surface area contributed by atoms with Gasteiger partial charge in [0.2, 0.25) is 23.6 Å². The fourth-order valence-electron chi connectivity index (χ4n) is 6.97. The van der Waals surface area contributed by atoms with Gasteiger partial charge in [-0.25, -0.2) is 8.42 Å². The van der Waals surface area contributed by atoms with Crippen LogP contribution in [0.1, 0.15) is 60.6 Å². The molecular weight excluding hydrogens is 836 g/mol. The highest BCUT2D eigenvalue weighted by Crippen LogP contribution is 2.39. The van der Waals surface area contributed by atoms with E-state index < -0.39 is 69.6 Å². The van der Waals surface area contributed by atoms with E-state index in [0.717, 1.165) is 27.7 Å². The zero-order chi connectivity index (χ0) is 45.3. The highest BCUT2D eigenvalue weighted by Gasteiger charge is 2.36. The molecule has 5 atom stereocenters. The Bertz CT molecular complexity index is 2440. The Labute approximate surface area is 365 Å². The number of carbonyl (C=O) groups is 5. The number of aromatic hydroxyl groups is 2. The quantitative estimate of drug-likeness (QED) is 0.0949. The van der Waals surface area contributed by atoms with Gasteiger partial charge in [-0.05, 0) is 110 Å². The predicted molar refractivity (Wildman–Crippen MR) is 237 cm³/mol. The lowest BCUT2D eigenvalue weighted by molar-refractivity contribution is -0.141. The summed E-state index contributed by atoms with van der Waals surface area (Å²) in [5.41, 5.74) is 8.70. The maximum absolute atomic E-state index is 14.5. The molecule has 4 aromatic carbocycles. The molecule has 0 saturated heterocycles. The molecule has 0 radical (unpaired) electrons. The summed E-state index contributed by atoms with van der Waals surface area (Å²) in [6.45, 7) is 3.29. The molecule has 5 amide bonds. The molecule has 4 aromatic rings. The molecule has 1 aliphatic heterocycles. The van der Waals surface area contributed by atoms with Crippen molar-refractivity contribution < 1.29 is 42.6 Å². The molecule has 0 aromatic heterocycles. The second kappa shape index (κ2) is 20.6. The number of carbonyl (C=O) groups excluding carboxylic acids is 5. The number of hydrogen-bond donors (Lipinski definition) is 7. The Kier molecular flexibility index (Phi) is 15.5. The Morgan fingerprint density at radius 2 is 1.50 bits per heavy atom. The molecule has 328 valence electrons. The molecule has 0 aliphatic carbocycles. The SMILES string of the molecule is CC(C=CS(C)(=O)=O)NC(=O)C1Cc2ccc(O)c(c2)-c2cc(ccc2O)C(N(C)C(=O)C(CCCCN)NC(=O)c2ccc(-c3ccc(Cl)cc3)cc2)C(=O)NC(C)C(=O)N1. The van der Waals surface area contributed by atoms with E-state index in [0.29, 0.717) is 30.0 Å². The van der Waals surface area contributed by atoms with Gasteiger partial charge in [0, 0.05) is 52.9 Å². The van der Waals surface area contributed by atoms with Gasteiger partial charge >= 0.3 is 0 Å². The summed E-state index contributed by atoms with van der Waals surface area (Å²) >= 11 is 6.04. The first-order chi connectivity index (χ1) is 29.3. The number of unbranched alkanes of at least 4 members (excludes halogenated alkanes) is 1. The van der Waals surface area contributed by atoms with E-state index in [9.17, 15) is 42.6 Å². The Morgan fingerprint density at radius 1 is 0.887 bits per heavy atom. The molecule has 0 saturated carbocycles. The summed E-state index contributed by atoms with van der Waals surface area (Å²) in [4.78, 5) is 71.1. The number of fused-ring (bicyclic) bond motifs is 5. The van der Waals surface area contributed by atoms with Gasteiger partial charge in [-0.2, -0.15) is 0 Å². The maximum Gasteiger partial charge on any atom is 0.251 e. The third-order valence-corrected chi connectivity index (χ3v) is 11.3. The number of rotatable bonds is 13. The lowest BCUT2D eigenvalue weighted by Crippen LogP contribution is -2.56. The van der Waals surface area contributed by atoms with Crippen LogP contribution >= 0.6 is 11.6 Å². The molecule has 8 N–H and O–H groups in total. The van der Waals surface area contributed by atoms with Crippen LogP contribution in [0.15, 0.2) is 96.4 Å². The first kappa shape index (κ1) is 46.8. The number of sulfone groups is 1. The number of likely N-dealkylation sites (N-methyl/N-ethyl adjacent to an activating group) is 1. The molecule has 17 heteroatoms. The molecule has 0 spiro atoms. The van der Waals surface area contributed by atoms with Crippen molar-refractivity contribution in [1.82, 2.24) is 26.2 Å². The topological polar surface area (TPSA) is 237 Å². The average molecular weight is 887 g/mol. The standard InChI is InChI=1S/C45H51ClN6O9S/c1-26(20-22-62(4,60)61)48-43(57)37-24-28-8-18-38(53)34(23-28)35-25-32(15-19-39(35)54)40(44(58)49-27(2)41(55)51-37)52(3)45(59)36(7-5-6-21-47)50-42(56)31-11-9-29(10-12-31)30-13-16-33(46)17-14-30/h8-20,22-23,25-27,36-37,40,53-54H,5-7,21,24,47H2,1-4H3,(H,48,57)(H,49,58)(H,50,56)(H,51,55). The molecule has 0 fully saturated rings. The molecule has 5 rings (SSSR count). The number of benzene rings is 4. The zero-order valence-corrected chi connectivity index (χ0v) is 36.3. The predicted octanol–water partition coefficient (Wildman–Crippen LogP) is 4.12. The van der Waals surface area contributed by atoms with Gasteiger partial charge in [-0.3, -0.25) is 24.0 Å². The lowest BCUT2D eigenvalue weighted by Gasteiger charge is -2.32. The number of nitrogens with one attached hydrogen (secondary N) is 4. The summed E-state index contributed by atoms with van der Waals surface area (Å²) in [5, 5.41) is 34.5. The third kappa shape index (κ3) is 12.2. The van der Waals surface area contributed by atoms with Gasteiger partial charge in [0.15, 0.2) is 9.84 Å². The number of phenols is 2.